The van der Waals surface area contributed by atoms with Crippen molar-refractivity contribution in [1.82, 2.24) is 9.78 Å². The summed E-state index contributed by atoms with van der Waals surface area (Å²) >= 11 is 0. The van der Waals surface area contributed by atoms with Gasteiger partial charge < -0.3 is 5.73 Å². The monoisotopic (exact) mass is 195 g/mol. The molecular formula is C11H21N3. The molecule has 0 amide bonds. The summed E-state index contributed by atoms with van der Waals surface area (Å²) < 4.78 is 2.02. The van der Waals surface area contributed by atoms with Crippen LogP contribution in [0.4, 0.5) is 5.69 Å². The van der Waals surface area contributed by atoms with Crippen LogP contribution in [0, 0.1) is 19.3 Å². The van der Waals surface area contributed by atoms with Gasteiger partial charge in [0.25, 0.3) is 0 Å². The molecule has 1 rings (SSSR count). The molecule has 3 heteroatoms. The van der Waals surface area contributed by atoms with Gasteiger partial charge in [-0.2, -0.15) is 5.10 Å². The molecule has 0 spiro atoms. The van der Waals surface area contributed by atoms with E-state index in [4.69, 9.17) is 5.73 Å². The number of anilines is 1. The van der Waals surface area contributed by atoms with E-state index in [-0.39, 0.29) is 5.41 Å². The van der Waals surface area contributed by atoms with E-state index >= 15 is 0 Å². The van der Waals surface area contributed by atoms with Crippen LogP contribution in [0.3, 0.4) is 0 Å². The number of hydrogen-bond acceptors (Lipinski definition) is 2. The summed E-state index contributed by atoms with van der Waals surface area (Å²) in [5.74, 6) is 0. The molecule has 0 saturated carbocycles. The van der Waals surface area contributed by atoms with Gasteiger partial charge in [-0.3, -0.25) is 4.68 Å². The molecule has 14 heavy (non-hydrogen) atoms. The van der Waals surface area contributed by atoms with Crippen molar-refractivity contribution in [3.8, 4) is 0 Å². The maximum Gasteiger partial charge on any atom is 0.0825 e. The van der Waals surface area contributed by atoms with Crippen molar-refractivity contribution >= 4 is 5.69 Å². The first-order chi connectivity index (χ1) is 6.37. The van der Waals surface area contributed by atoms with Gasteiger partial charge in [-0.15, -0.1) is 0 Å². The molecule has 0 saturated heterocycles. The summed E-state index contributed by atoms with van der Waals surface area (Å²) in [4.78, 5) is 0. The van der Waals surface area contributed by atoms with Crippen LogP contribution in [0.5, 0.6) is 0 Å². The molecule has 0 unspecified atom stereocenters. The first-order valence-electron chi connectivity index (χ1n) is 5.17. The average Bonchev–Trinajstić information content (AvgIpc) is 2.33. The highest BCUT2D eigenvalue weighted by molar-refractivity contribution is 5.46. The van der Waals surface area contributed by atoms with E-state index in [0.717, 1.165) is 30.0 Å². The normalized spacial score (nSPS) is 12.1. The molecule has 1 aromatic heterocycles. The Morgan fingerprint density at radius 1 is 1.36 bits per heavy atom. The van der Waals surface area contributed by atoms with Crippen molar-refractivity contribution in [2.24, 2.45) is 5.41 Å². The molecule has 0 aliphatic rings. The third kappa shape index (κ3) is 2.08. The average molecular weight is 195 g/mol. The Morgan fingerprint density at radius 3 is 2.29 bits per heavy atom. The maximum atomic E-state index is 5.88. The summed E-state index contributed by atoms with van der Waals surface area (Å²) in [7, 11) is 0. The molecular weight excluding hydrogens is 174 g/mol. The van der Waals surface area contributed by atoms with Crippen molar-refractivity contribution in [3.05, 3.63) is 11.4 Å². The minimum atomic E-state index is 0.287. The molecule has 1 aromatic rings. The zero-order valence-electron chi connectivity index (χ0n) is 9.89. The lowest BCUT2D eigenvalue weighted by molar-refractivity contribution is 0.277. The van der Waals surface area contributed by atoms with Crippen LogP contribution in [0.1, 0.15) is 38.6 Å². The zero-order chi connectivity index (χ0) is 10.9. The summed E-state index contributed by atoms with van der Waals surface area (Å²) in [6.45, 7) is 11.6. The summed E-state index contributed by atoms with van der Waals surface area (Å²) in [5, 5.41) is 4.43. The number of rotatable bonds is 3. The van der Waals surface area contributed by atoms with Crippen LogP contribution in [0.25, 0.3) is 0 Å². The molecule has 80 valence electrons. The Bertz CT molecular complexity index is 324. The van der Waals surface area contributed by atoms with Crippen molar-refractivity contribution in [3.63, 3.8) is 0 Å². The standard InChI is InChI=1S/C11H21N3/c1-6-11(4,5)7-14-9(3)10(12)8(2)13-14/h6-7,12H2,1-5H3. The number of nitrogens with two attached hydrogens (primary N) is 1. The molecule has 0 radical (unpaired) electrons. The number of nitrogen functional groups attached to an aromatic ring is 1. The largest absolute Gasteiger partial charge is 0.396 e. The lowest BCUT2D eigenvalue weighted by Gasteiger charge is -2.23. The van der Waals surface area contributed by atoms with Gasteiger partial charge in [-0.05, 0) is 25.7 Å². The van der Waals surface area contributed by atoms with Gasteiger partial charge in [0.2, 0.25) is 0 Å². The van der Waals surface area contributed by atoms with Crippen molar-refractivity contribution in [2.75, 3.05) is 5.73 Å². The van der Waals surface area contributed by atoms with E-state index in [1.54, 1.807) is 0 Å². The molecule has 2 N–H and O–H groups in total. The fraction of sp³-hybridized carbons (Fsp3) is 0.727. The lowest BCUT2D eigenvalue weighted by Crippen LogP contribution is -2.20. The number of hydrogen-bond donors (Lipinski definition) is 1. The lowest BCUT2D eigenvalue weighted by atomic mass is 9.90. The van der Waals surface area contributed by atoms with E-state index in [9.17, 15) is 0 Å². The number of aromatic nitrogens is 2. The fourth-order valence-corrected chi connectivity index (χ4v) is 1.38. The summed E-state index contributed by atoms with van der Waals surface area (Å²) in [5.41, 5.74) is 9.02. The summed E-state index contributed by atoms with van der Waals surface area (Å²) in [6, 6.07) is 0. The number of aryl methyl sites for hydroxylation is 1. The highest BCUT2D eigenvalue weighted by atomic mass is 15.3. The van der Waals surface area contributed by atoms with Gasteiger partial charge in [0.05, 0.1) is 17.1 Å². The van der Waals surface area contributed by atoms with E-state index in [0.29, 0.717) is 0 Å². The van der Waals surface area contributed by atoms with Gasteiger partial charge in [0.1, 0.15) is 0 Å². The fourth-order valence-electron chi connectivity index (χ4n) is 1.38. The van der Waals surface area contributed by atoms with Crippen LogP contribution < -0.4 is 5.73 Å². The van der Waals surface area contributed by atoms with Gasteiger partial charge >= 0.3 is 0 Å². The Balaban J connectivity index is 2.93. The minimum Gasteiger partial charge on any atom is -0.396 e. The first-order valence-corrected chi connectivity index (χ1v) is 5.17. The highest BCUT2D eigenvalue weighted by Crippen LogP contribution is 2.24. The van der Waals surface area contributed by atoms with Crippen LogP contribution in [0.2, 0.25) is 0 Å². The Morgan fingerprint density at radius 2 is 1.93 bits per heavy atom. The van der Waals surface area contributed by atoms with Crippen molar-refractivity contribution in [1.29, 1.82) is 0 Å². The molecule has 3 nitrogen and oxygen atoms in total. The second-order valence-corrected chi connectivity index (χ2v) is 4.76. The van der Waals surface area contributed by atoms with E-state index in [2.05, 4.69) is 25.9 Å². The van der Waals surface area contributed by atoms with E-state index in [1.807, 2.05) is 18.5 Å². The Hall–Kier alpha value is -0.990. The maximum absolute atomic E-state index is 5.88. The zero-order valence-corrected chi connectivity index (χ0v) is 9.89. The van der Waals surface area contributed by atoms with Gasteiger partial charge in [0, 0.05) is 6.54 Å². The smallest absolute Gasteiger partial charge is 0.0825 e. The van der Waals surface area contributed by atoms with Crippen LogP contribution in [-0.2, 0) is 6.54 Å². The Labute approximate surface area is 86.3 Å². The Kier molecular flexibility index (Phi) is 2.88. The van der Waals surface area contributed by atoms with Gasteiger partial charge in [-0.1, -0.05) is 20.8 Å². The molecule has 0 atom stereocenters. The van der Waals surface area contributed by atoms with E-state index in [1.165, 1.54) is 0 Å². The molecule has 0 fully saturated rings. The molecule has 0 aromatic carbocycles. The third-order valence-electron chi connectivity index (χ3n) is 2.97. The van der Waals surface area contributed by atoms with Gasteiger partial charge in [-0.25, -0.2) is 0 Å². The molecule has 0 aliphatic carbocycles. The van der Waals surface area contributed by atoms with Crippen LogP contribution in [-0.4, -0.2) is 9.78 Å². The van der Waals surface area contributed by atoms with Crippen LogP contribution >= 0.6 is 0 Å². The number of nitrogens with zero attached hydrogens (tertiary/aromatic N) is 2. The molecule has 0 bridgehead atoms. The minimum absolute atomic E-state index is 0.287. The predicted molar refractivity (Wildman–Crippen MR) is 60.2 cm³/mol. The quantitative estimate of drug-likeness (QED) is 0.805. The topological polar surface area (TPSA) is 43.8 Å². The SMILES string of the molecule is CCC(C)(C)Cn1nc(C)c(N)c1C. The second-order valence-electron chi connectivity index (χ2n) is 4.76. The van der Waals surface area contributed by atoms with Crippen LogP contribution in [0.15, 0.2) is 0 Å². The van der Waals surface area contributed by atoms with Gasteiger partial charge in [0.15, 0.2) is 0 Å². The molecule has 0 aliphatic heterocycles. The predicted octanol–water partition coefficient (Wildman–Crippen LogP) is 2.52. The summed E-state index contributed by atoms with van der Waals surface area (Å²) in [6.07, 6.45) is 1.14. The van der Waals surface area contributed by atoms with Crippen molar-refractivity contribution < 1.29 is 0 Å². The van der Waals surface area contributed by atoms with Crippen molar-refractivity contribution in [2.45, 2.75) is 47.6 Å². The molecule has 1 heterocycles. The highest BCUT2D eigenvalue weighted by Gasteiger charge is 2.18. The van der Waals surface area contributed by atoms with E-state index < -0.39 is 0 Å². The first kappa shape index (κ1) is 11.1. The third-order valence-corrected chi connectivity index (χ3v) is 2.97. The second kappa shape index (κ2) is 3.64.